The number of ether oxygens (including phenoxy) is 3. The van der Waals surface area contributed by atoms with Crippen LogP contribution in [0.25, 0.3) is 0 Å². The van der Waals surface area contributed by atoms with Gasteiger partial charge < -0.3 is 19.5 Å². The van der Waals surface area contributed by atoms with Gasteiger partial charge in [-0.1, -0.05) is 60.7 Å². The van der Waals surface area contributed by atoms with E-state index >= 15 is 0 Å². The quantitative estimate of drug-likeness (QED) is 0.372. The number of benzene rings is 3. The van der Waals surface area contributed by atoms with Crippen LogP contribution in [0.3, 0.4) is 0 Å². The van der Waals surface area contributed by atoms with Gasteiger partial charge in [-0.3, -0.25) is 15.6 Å². The summed E-state index contributed by atoms with van der Waals surface area (Å²) in [7, 11) is 4.60. The van der Waals surface area contributed by atoms with Crippen molar-refractivity contribution in [3.8, 4) is 17.2 Å². The van der Waals surface area contributed by atoms with Crippen LogP contribution in [0.2, 0.25) is 0 Å². The molecule has 0 fully saturated rings. The summed E-state index contributed by atoms with van der Waals surface area (Å²) in [4.78, 5) is 13.1. The van der Waals surface area contributed by atoms with Gasteiger partial charge in [-0.25, -0.2) is 0 Å². The lowest BCUT2D eigenvalue weighted by molar-refractivity contribution is -0.122. The molecule has 0 heterocycles. The molecule has 166 valence electrons. The molecule has 0 atom stereocenters. The Morgan fingerprint density at radius 3 is 1.72 bits per heavy atom. The smallest absolute Gasteiger partial charge is 0.250 e. The van der Waals surface area contributed by atoms with Gasteiger partial charge >= 0.3 is 0 Å². The van der Waals surface area contributed by atoms with Crippen LogP contribution in [0, 0.1) is 0 Å². The maximum absolute atomic E-state index is 13.1. The zero-order valence-corrected chi connectivity index (χ0v) is 18.9. The minimum Gasteiger partial charge on any atom is -0.493 e. The number of carbonyl (C=O) groups excluding carboxylic acids is 1. The van der Waals surface area contributed by atoms with Crippen LogP contribution >= 0.6 is 12.2 Å². The molecule has 3 N–H and O–H groups in total. The normalized spacial score (nSPS) is 10.2. The minimum atomic E-state index is -0.492. The highest BCUT2D eigenvalue weighted by atomic mass is 32.1. The van der Waals surface area contributed by atoms with E-state index in [-0.39, 0.29) is 11.0 Å². The van der Waals surface area contributed by atoms with E-state index < -0.39 is 5.92 Å². The Bertz CT molecular complexity index is 997. The zero-order valence-electron chi connectivity index (χ0n) is 18.0. The molecule has 1 amide bonds. The fourth-order valence-electron chi connectivity index (χ4n) is 3.29. The van der Waals surface area contributed by atoms with E-state index in [1.165, 1.54) is 21.3 Å². The van der Waals surface area contributed by atoms with Crippen molar-refractivity contribution >= 4 is 28.9 Å². The summed E-state index contributed by atoms with van der Waals surface area (Å²) in [5.41, 5.74) is 7.82. The zero-order chi connectivity index (χ0) is 22.9. The van der Waals surface area contributed by atoms with E-state index in [1.807, 2.05) is 60.7 Å². The number of nitrogens with one attached hydrogen (secondary N) is 3. The number of hydrogen-bond acceptors (Lipinski definition) is 5. The average Bonchev–Trinajstić information content (AvgIpc) is 2.83. The third kappa shape index (κ3) is 5.47. The van der Waals surface area contributed by atoms with Crippen molar-refractivity contribution < 1.29 is 19.0 Å². The molecule has 0 unspecified atom stereocenters. The van der Waals surface area contributed by atoms with E-state index in [0.29, 0.717) is 22.9 Å². The second kappa shape index (κ2) is 11.0. The highest BCUT2D eigenvalue weighted by Crippen LogP contribution is 2.39. The molecule has 0 spiro atoms. The number of anilines is 1. The minimum absolute atomic E-state index is 0.201. The molecule has 0 radical (unpaired) electrons. The predicted molar refractivity (Wildman–Crippen MR) is 128 cm³/mol. The lowest BCUT2D eigenvalue weighted by Crippen LogP contribution is -2.45. The highest BCUT2D eigenvalue weighted by Gasteiger charge is 2.22. The van der Waals surface area contributed by atoms with Crippen molar-refractivity contribution in [1.29, 1.82) is 0 Å². The third-order valence-electron chi connectivity index (χ3n) is 4.75. The standard InChI is InChI=1S/C24H25N3O4S/c1-29-19-14-18(15-20(30-2)22(19)31-3)25-24(32)27-26-23(28)21(16-10-6-4-7-11-16)17-12-8-5-9-13-17/h4-15,21H,1-3H3,(H,26,28)(H2,25,27,32). The lowest BCUT2D eigenvalue weighted by atomic mass is 9.91. The lowest BCUT2D eigenvalue weighted by Gasteiger charge is -2.19. The summed E-state index contributed by atoms with van der Waals surface area (Å²) in [5, 5.41) is 3.21. The number of amides is 1. The second-order valence-electron chi connectivity index (χ2n) is 6.74. The first-order valence-electron chi connectivity index (χ1n) is 9.84. The summed E-state index contributed by atoms with van der Waals surface area (Å²) in [6, 6.07) is 22.6. The summed E-state index contributed by atoms with van der Waals surface area (Å²) in [6.07, 6.45) is 0. The first kappa shape index (κ1) is 22.9. The molecule has 0 aromatic heterocycles. The van der Waals surface area contributed by atoms with Crippen molar-refractivity contribution in [1.82, 2.24) is 10.9 Å². The summed E-state index contributed by atoms with van der Waals surface area (Å²) < 4.78 is 16.0. The fraction of sp³-hybridized carbons (Fsp3) is 0.167. The van der Waals surface area contributed by atoms with Crippen LogP contribution in [0.15, 0.2) is 72.8 Å². The number of thiocarbonyl (C=S) groups is 1. The molecule has 0 aliphatic carbocycles. The first-order chi connectivity index (χ1) is 15.6. The van der Waals surface area contributed by atoms with Crippen LogP contribution in [0.5, 0.6) is 17.2 Å². The van der Waals surface area contributed by atoms with Crippen molar-refractivity contribution in [2.45, 2.75) is 5.92 Å². The summed E-state index contributed by atoms with van der Waals surface area (Å²) >= 11 is 5.34. The number of hydrogen-bond donors (Lipinski definition) is 3. The number of hydrazine groups is 1. The Hall–Kier alpha value is -3.78. The fourth-order valence-corrected chi connectivity index (χ4v) is 3.46. The van der Waals surface area contributed by atoms with Gasteiger partial charge in [-0.2, -0.15) is 0 Å². The predicted octanol–water partition coefficient (Wildman–Crippen LogP) is 3.86. The largest absolute Gasteiger partial charge is 0.493 e. The van der Waals surface area contributed by atoms with Gasteiger partial charge in [-0.05, 0) is 23.3 Å². The number of methoxy groups -OCH3 is 3. The van der Waals surface area contributed by atoms with E-state index in [1.54, 1.807) is 12.1 Å². The van der Waals surface area contributed by atoms with Gasteiger partial charge in [0.2, 0.25) is 11.7 Å². The SMILES string of the molecule is COc1cc(NC(=S)NNC(=O)C(c2ccccc2)c2ccccc2)cc(OC)c1OC. The molecule has 3 aromatic carbocycles. The Labute approximate surface area is 192 Å². The molecular weight excluding hydrogens is 426 g/mol. The Morgan fingerprint density at radius 1 is 0.781 bits per heavy atom. The Balaban J connectivity index is 1.71. The molecule has 8 heteroatoms. The third-order valence-corrected chi connectivity index (χ3v) is 4.95. The first-order valence-corrected chi connectivity index (χ1v) is 10.2. The molecule has 3 rings (SSSR count). The average molecular weight is 452 g/mol. The van der Waals surface area contributed by atoms with Crippen LogP contribution in [0.4, 0.5) is 5.69 Å². The topological polar surface area (TPSA) is 80.9 Å². The summed E-state index contributed by atoms with van der Waals surface area (Å²) in [5.74, 6) is 0.704. The maximum atomic E-state index is 13.1. The Morgan fingerprint density at radius 2 is 1.28 bits per heavy atom. The molecule has 0 aliphatic rings. The molecule has 0 saturated heterocycles. The molecule has 0 bridgehead atoms. The van der Waals surface area contributed by atoms with Crippen LogP contribution < -0.4 is 30.4 Å². The van der Waals surface area contributed by atoms with Gasteiger partial charge in [0.1, 0.15) is 0 Å². The molecule has 7 nitrogen and oxygen atoms in total. The van der Waals surface area contributed by atoms with Crippen LogP contribution in [-0.4, -0.2) is 32.3 Å². The molecular formula is C24H25N3O4S. The van der Waals surface area contributed by atoms with Crippen molar-refractivity contribution in [3.63, 3.8) is 0 Å². The molecule has 0 saturated carbocycles. The van der Waals surface area contributed by atoms with Gasteiger partial charge in [0, 0.05) is 17.8 Å². The van der Waals surface area contributed by atoms with Crippen molar-refractivity contribution in [2.24, 2.45) is 0 Å². The maximum Gasteiger partial charge on any atom is 0.250 e. The highest BCUT2D eigenvalue weighted by molar-refractivity contribution is 7.80. The number of carbonyl (C=O) groups is 1. The molecule has 32 heavy (non-hydrogen) atoms. The van der Waals surface area contributed by atoms with E-state index in [9.17, 15) is 4.79 Å². The van der Waals surface area contributed by atoms with Crippen molar-refractivity contribution in [3.05, 3.63) is 83.9 Å². The molecule has 3 aromatic rings. The van der Waals surface area contributed by atoms with E-state index in [0.717, 1.165) is 11.1 Å². The molecule has 0 aliphatic heterocycles. The van der Waals surface area contributed by atoms with Crippen molar-refractivity contribution in [2.75, 3.05) is 26.6 Å². The van der Waals surface area contributed by atoms with Crippen LogP contribution in [-0.2, 0) is 4.79 Å². The number of rotatable bonds is 7. The van der Waals surface area contributed by atoms with Gasteiger partial charge in [0.05, 0.1) is 27.2 Å². The van der Waals surface area contributed by atoms with Crippen LogP contribution in [0.1, 0.15) is 17.0 Å². The Kier molecular flexibility index (Phi) is 7.88. The van der Waals surface area contributed by atoms with E-state index in [4.69, 9.17) is 26.4 Å². The second-order valence-corrected chi connectivity index (χ2v) is 7.15. The van der Waals surface area contributed by atoms with E-state index in [2.05, 4.69) is 16.2 Å². The monoisotopic (exact) mass is 451 g/mol. The van der Waals surface area contributed by atoms with Gasteiger partial charge in [0.15, 0.2) is 16.6 Å². The van der Waals surface area contributed by atoms with Gasteiger partial charge in [-0.15, -0.1) is 0 Å². The van der Waals surface area contributed by atoms with Gasteiger partial charge in [0.25, 0.3) is 0 Å². The summed E-state index contributed by atoms with van der Waals surface area (Å²) in [6.45, 7) is 0.